The van der Waals surface area contributed by atoms with E-state index in [9.17, 15) is 13.2 Å². The molecular formula is C14H20F3NO. The summed E-state index contributed by atoms with van der Waals surface area (Å²) in [6.07, 6.45) is -0.604. The molecule has 0 aliphatic heterocycles. The molecule has 5 heteroatoms. The Bertz CT molecular complexity index is 404. The van der Waals surface area contributed by atoms with E-state index in [4.69, 9.17) is 10.5 Å². The Kier molecular flexibility index (Phi) is 5.51. The van der Waals surface area contributed by atoms with Crippen molar-refractivity contribution >= 4 is 5.69 Å². The highest BCUT2D eigenvalue weighted by Gasteiger charge is 2.31. The van der Waals surface area contributed by atoms with Crippen molar-refractivity contribution in [3.05, 3.63) is 23.8 Å². The number of unbranched alkanes of at least 4 members (excludes halogenated alkanes) is 1. The van der Waals surface area contributed by atoms with Gasteiger partial charge in [-0.25, -0.2) is 0 Å². The molecule has 1 aromatic rings. The van der Waals surface area contributed by atoms with Crippen LogP contribution in [0.4, 0.5) is 18.9 Å². The zero-order valence-corrected chi connectivity index (χ0v) is 11.3. The van der Waals surface area contributed by atoms with Crippen molar-refractivity contribution in [1.82, 2.24) is 0 Å². The molecule has 1 rings (SSSR count). The van der Waals surface area contributed by atoms with Crippen molar-refractivity contribution in [1.29, 1.82) is 0 Å². The molecule has 108 valence electrons. The normalized spacial score (nSPS) is 13.3. The third kappa shape index (κ3) is 4.65. The number of alkyl halides is 3. The summed E-state index contributed by atoms with van der Waals surface area (Å²) in [5.74, 6) is 0.330. The van der Waals surface area contributed by atoms with Crippen LogP contribution in [0, 0.1) is 0 Å². The van der Waals surface area contributed by atoms with Crippen LogP contribution in [0.25, 0.3) is 0 Å². The minimum absolute atomic E-state index is 0.000938. The number of hydrogen-bond acceptors (Lipinski definition) is 2. The van der Waals surface area contributed by atoms with Gasteiger partial charge in [-0.15, -0.1) is 0 Å². The number of rotatable bonds is 6. The van der Waals surface area contributed by atoms with Crippen LogP contribution in [0.3, 0.4) is 0 Å². The number of halogens is 3. The van der Waals surface area contributed by atoms with Gasteiger partial charge in [0.25, 0.3) is 0 Å². The van der Waals surface area contributed by atoms with Crippen LogP contribution < -0.4 is 10.5 Å². The number of hydrogen-bond donors (Lipinski definition) is 1. The Morgan fingerprint density at radius 3 is 2.42 bits per heavy atom. The van der Waals surface area contributed by atoms with Crippen molar-refractivity contribution in [2.75, 3.05) is 5.73 Å². The monoisotopic (exact) mass is 275 g/mol. The fraction of sp³-hybridized carbons (Fsp3) is 0.571. The minimum Gasteiger partial charge on any atom is -0.488 e. The summed E-state index contributed by atoms with van der Waals surface area (Å²) in [5.41, 5.74) is 4.91. The summed E-state index contributed by atoms with van der Waals surface area (Å²) >= 11 is 0. The van der Waals surface area contributed by atoms with E-state index in [0.717, 1.165) is 37.8 Å². The summed E-state index contributed by atoms with van der Waals surface area (Å²) in [5, 5.41) is 0. The lowest BCUT2D eigenvalue weighted by Crippen LogP contribution is -2.16. The molecule has 0 aromatic heterocycles. The highest BCUT2D eigenvalue weighted by Crippen LogP contribution is 2.34. The molecule has 0 amide bonds. The standard InChI is InChI=1S/C14H20F3NO/c1-3-5-6-11(4-2)19-13-8-7-10(9-12(13)18)14(15,16)17/h7-9,11H,3-6,18H2,1-2H3/t11-/m1/s1. The van der Waals surface area contributed by atoms with Gasteiger partial charge < -0.3 is 10.5 Å². The first-order valence-corrected chi connectivity index (χ1v) is 6.51. The lowest BCUT2D eigenvalue weighted by molar-refractivity contribution is -0.137. The Morgan fingerprint density at radius 1 is 1.26 bits per heavy atom. The molecule has 2 nitrogen and oxygen atoms in total. The van der Waals surface area contributed by atoms with E-state index in [0.29, 0.717) is 5.75 Å². The van der Waals surface area contributed by atoms with Gasteiger partial charge in [0.2, 0.25) is 0 Å². The van der Waals surface area contributed by atoms with Gasteiger partial charge in [-0.2, -0.15) is 13.2 Å². The predicted molar refractivity (Wildman–Crippen MR) is 70.1 cm³/mol. The maximum absolute atomic E-state index is 12.5. The molecule has 0 saturated carbocycles. The summed E-state index contributed by atoms with van der Waals surface area (Å²) in [4.78, 5) is 0. The molecule has 19 heavy (non-hydrogen) atoms. The summed E-state index contributed by atoms with van der Waals surface area (Å²) in [7, 11) is 0. The van der Waals surface area contributed by atoms with Crippen LogP contribution in [-0.4, -0.2) is 6.10 Å². The van der Waals surface area contributed by atoms with E-state index in [1.54, 1.807) is 0 Å². The zero-order valence-electron chi connectivity index (χ0n) is 11.3. The summed E-state index contributed by atoms with van der Waals surface area (Å²) in [6, 6.07) is 3.22. The second-order valence-corrected chi connectivity index (χ2v) is 4.54. The first-order valence-electron chi connectivity index (χ1n) is 6.51. The second kappa shape index (κ2) is 6.68. The average Bonchev–Trinajstić information content (AvgIpc) is 2.35. The fourth-order valence-corrected chi connectivity index (χ4v) is 1.79. The molecule has 2 N–H and O–H groups in total. The average molecular weight is 275 g/mol. The quantitative estimate of drug-likeness (QED) is 0.768. The van der Waals surface area contributed by atoms with E-state index in [2.05, 4.69) is 6.92 Å². The van der Waals surface area contributed by atoms with Crippen molar-refractivity contribution in [3.63, 3.8) is 0 Å². The van der Waals surface area contributed by atoms with Gasteiger partial charge in [0.1, 0.15) is 5.75 Å². The minimum atomic E-state index is -4.38. The molecule has 0 aliphatic carbocycles. The SMILES string of the molecule is CCCC[C@@H](CC)Oc1ccc(C(F)(F)F)cc1N. The van der Waals surface area contributed by atoms with Crippen LogP contribution in [0.2, 0.25) is 0 Å². The largest absolute Gasteiger partial charge is 0.488 e. The number of benzene rings is 1. The molecule has 1 atom stereocenters. The molecule has 0 heterocycles. The Labute approximate surface area is 111 Å². The van der Waals surface area contributed by atoms with Gasteiger partial charge in [0.15, 0.2) is 0 Å². The van der Waals surface area contributed by atoms with Gasteiger partial charge >= 0.3 is 6.18 Å². The molecule has 0 unspecified atom stereocenters. The van der Waals surface area contributed by atoms with Crippen LogP contribution in [0.15, 0.2) is 18.2 Å². The second-order valence-electron chi connectivity index (χ2n) is 4.54. The number of nitrogens with two attached hydrogens (primary N) is 1. The number of nitrogen functional groups attached to an aromatic ring is 1. The topological polar surface area (TPSA) is 35.2 Å². The zero-order chi connectivity index (χ0) is 14.5. The van der Waals surface area contributed by atoms with Crippen LogP contribution in [-0.2, 0) is 6.18 Å². The van der Waals surface area contributed by atoms with Crippen LogP contribution in [0.5, 0.6) is 5.75 Å². The van der Waals surface area contributed by atoms with Crippen LogP contribution >= 0.6 is 0 Å². The van der Waals surface area contributed by atoms with E-state index in [-0.39, 0.29) is 11.8 Å². The van der Waals surface area contributed by atoms with Gasteiger partial charge in [-0.3, -0.25) is 0 Å². The van der Waals surface area contributed by atoms with Gasteiger partial charge in [0.05, 0.1) is 17.4 Å². The van der Waals surface area contributed by atoms with Gasteiger partial charge in [0, 0.05) is 0 Å². The molecule has 0 fully saturated rings. The number of ether oxygens (including phenoxy) is 1. The van der Waals surface area contributed by atoms with E-state index >= 15 is 0 Å². The molecule has 0 aliphatic rings. The third-order valence-electron chi connectivity index (χ3n) is 2.97. The first-order chi connectivity index (χ1) is 8.88. The first kappa shape index (κ1) is 15.7. The van der Waals surface area contributed by atoms with Gasteiger partial charge in [-0.1, -0.05) is 26.7 Å². The highest BCUT2D eigenvalue weighted by atomic mass is 19.4. The highest BCUT2D eigenvalue weighted by molar-refractivity contribution is 5.54. The van der Waals surface area contributed by atoms with E-state index in [1.807, 2.05) is 6.92 Å². The molecule has 0 saturated heterocycles. The van der Waals surface area contributed by atoms with Crippen molar-refractivity contribution in [3.8, 4) is 5.75 Å². The van der Waals surface area contributed by atoms with Crippen molar-refractivity contribution in [2.45, 2.75) is 51.8 Å². The summed E-state index contributed by atoms with van der Waals surface area (Å²) in [6.45, 7) is 4.07. The third-order valence-corrected chi connectivity index (χ3v) is 2.97. The maximum atomic E-state index is 12.5. The molecule has 1 aromatic carbocycles. The smallest absolute Gasteiger partial charge is 0.416 e. The molecule has 0 spiro atoms. The van der Waals surface area contributed by atoms with E-state index < -0.39 is 11.7 Å². The molecule has 0 bridgehead atoms. The van der Waals surface area contributed by atoms with Crippen molar-refractivity contribution < 1.29 is 17.9 Å². The lowest BCUT2D eigenvalue weighted by Gasteiger charge is -2.19. The van der Waals surface area contributed by atoms with E-state index in [1.165, 1.54) is 6.07 Å². The molecule has 0 radical (unpaired) electrons. The fourth-order valence-electron chi connectivity index (χ4n) is 1.79. The Hall–Kier alpha value is -1.39. The number of anilines is 1. The Balaban J connectivity index is 2.79. The Morgan fingerprint density at radius 2 is 1.95 bits per heavy atom. The predicted octanol–water partition coefficient (Wildman–Crippen LogP) is 4.64. The van der Waals surface area contributed by atoms with Gasteiger partial charge in [-0.05, 0) is 31.0 Å². The lowest BCUT2D eigenvalue weighted by atomic mass is 10.1. The summed E-state index contributed by atoms with van der Waals surface area (Å²) < 4.78 is 43.2. The van der Waals surface area contributed by atoms with Crippen molar-refractivity contribution in [2.24, 2.45) is 0 Å². The van der Waals surface area contributed by atoms with Crippen LogP contribution in [0.1, 0.15) is 45.1 Å². The molecular weight excluding hydrogens is 255 g/mol. The maximum Gasteiger partial charge on any atom is 0.416 e.